The second-order valence-corrected chi connectivity index (χ2v) is 5.34. The van der Waals surface area contributed by atoms with Gasteiger partial charge in [-0.1, -0.05) is 25.5 Å². The number of nitrogen functional groups attached to an aromatic ring is 1. The summed E-state index contributed by atoms with van der Waals surface area (Å²) in [6.45, 7) is 5.01. The van der Waals surface area contributed by atoms with Crippen LogP contribution in [0.15, 0.2) is 18.2 Å². The number of nitrogens with zero attached hydrogens (tertiary/aromatic N) is 1. The predicted molar refractivity (Wildman–Crippen MR) is 76.1 cm³/mol. The van der Waals surface area contributed by atoms with Crippen LogP contribution in [0, 0.1) is 5.92 Å². The van der Waals surface area contributed by atoms with Gasteiger partial charge in [-0.3, -0.25) is 4.90 Å². The number of aromatic carboxylic acids is 1. The van der Waals surface area contributed by atoms with Gasteiger partial charge in [-0.05, 0) is 36.9 Å². The molecule has 1 saturated heterocycles. The van der Waals surface area contributed by atoms with Crippen LogP contribution in [-0.2, 0) is 6.54 Å². The number of anilines is 1. The Hall–Kier alpha value is -1.55. The lowest BCUT2D eigenvalue weighted by molar-refractivity contribution is 0.0694. The fourth-order valence-electron chi connectivity index (χ4n) is 2.88. The van der Waals surface area contributed by atoms with Gasteiger partial charge in [0.2, 0.25) is 0 Å². The van der Waals surface area contributed by atoms with Gasteiger partial charge < -0.3 is 10.8 Å². The average molecular weight is 262 g/mol. The molecule has 1 atom stereocenters. The van der Waals surface area contributed by atoms with Crippen LogP contribution < -0.4 is 5.73 Å². The van der Waals surface area contributed by atoms with Gasteiger partial charge in [-0.15, -0.1) is 0 Å². The molecule has 1 unspecified atom stereocenters. The van der Waals surface area contributed by atoms with Crippen molar-refractivity contribution < 1.29 is 9.90 Å². The first-order chi connectivity index (χ1) is 9.11. The smallest absolute Gasteiger partial charge is 0.338 e. The normalized spacial score (nSPS) is 20.4. The number of hydrogen-bond acceptors (Lipinski definition) is 3. The fraction of sp³-hybridized carbons (Fsp3) is 0.533. The van der Waals surface area contributed by atoms with E-state index in [1.165, 1.54) is 19.3 Å². The van der Waals surface area contributed by atoms with E-state index in [9.17, 15) is 9.90 Å². The van der Waals surface area contributed by atoms with Crippen molar-refractivity contribution in [2.75, 3.05) is 18.8 Å². The first kappa shape index (κ1) is 13.9. The Balaban J connectivity index is 2.14. The topological polar surface area (TPSA) is 66.6 Å². The molecule has 19 heavy (non-hydrogen) atoms. The molecule has 0 radical (unpaired) electrons. The average Bonchev–Trinajstić information content (AvgIpc) is 2.38. The van der Waals surface area contributed by atoms with Gasteiger partial charge >= 0.3 is 5.97 Å². The number of benzene rings is 1. The minimum Gasteiger partial charge on any atom is -0.478 e. The highest BCUT2D eigenvalue weighted by Crippen LogP contribution is 2.23. The largest absolute Gasteiger partial charge is 0.478 e. The Morgan fingerprint density at radius 2 is 2.32 bits per heavy atom. The molecule has 2 rings (SSSR count). The lowest BCUT2D eigenvalue weighted by Gasteiger charge is -2.32. The summed E-state index contributed by atoms with van der Waals surface area (Å²) in [5.74, 6) is -0.194. The predicted octanol–water partition coefficient (Wildman–Crippen LogP) is 2.59. The van der Waals surface area contributed by atoms with Crippen molar-refractivity contribution in [2.24, 2.45) is 5.92 Å². The number of carboxylic acids is 1. The molecule has 1 heterocycles. The quantitative estimate of drug-likeness (QED) is 0.818. The highest BCUT2D eigenvalue weighted by Gasteiger charge is 2.21. The maximum atomic E-state index is 11.3. The van der Waals surface area contributed by atoms with Gasteiger partial charge in [-0.25, -0.2) is 4.79 Å². The summed E-state index contributed by atoms with van der Waals surface area (Å²) < 4.78 is 0. The van der Waals surface area contributed by atoms with E-state index < -0.39 is 5.97 Å². The molecule has 4 heteroatoms. The second kappa shape index (κ2) is 6.06. The van der Waals surface area contributed by atoms with Crippen molar-refractivity contribution in [3.8, 4) is 0 Å². The maximum Gasteiger partial charge on any atom is 0.338 e. The van der Waals surface area contributed by atoms with E-state index in [0.29, 0.717) is 12.2 Å². The molecule has 1 aromatic carbocycles. The minimum atomic E-state index is -0.933. The maximum absolute atomic E-state index is 11.3. The van der Waals surface area contributed by atoms with Crippen molar-refractivity contribution >= 4 is 11.7 Å². The molecule has 0 saturated carbocycles. The Labute approximate surface area is 114 Å². The van der Waals surface area contributed by atoms with Crippen LogP contribution >= 0.6 is 0 Å². The van der Waals surface area contributed by atoms with Crippen LogP contribution in [0.4, 0.5) is 5.69 Å². The van der Waals surface area contributed by atoms with Gasteiger partial charge in [0.15, 0.2) is 0 Å². The van der Waals surface area contributed by atoms with Gasteiger partial charge in [0.25, 0.3) is 0 Å². The van der Waals surface area contributed by atoms with Gasteiger partial charge in [0.05, 0.1) is 5.56 Å². The monoisotopic (exact) mass is 262 g/mol. The third-order valence-corrected chi connectivity index (χ3v) is 3.97. The van der Waals surface area contributed by atoms with Crippen LogP contribution in [0.2, 0.25) is 0 Å². The summed E-state index contributed by atoms with van der Waals surface area (Å²) in [6, 6.07) is 5.35. The van der Waals surface area contributed by atoms with Crippen LogP contribution in [0.5, 0.6) is 0 Å². The lowest BCUT2D eigenvalue weighted by atomic mass is 9.95. The molecule has 4 nitrogen and oxygen atoms in total. The summed E-state index contributed by atoms with van der Waals surface area (Å²) in [5.41, 5.74) is 7.23. The Morgan fingerprint density at radius 3 is 3.00 bits per heavy atom. The van der Waals surface area contributed by atoms with E-state index in [0.717, 1.165) is 24.6 Å². The summed E-state index contributed by atoms with van der Waals surface area (Å²) in [4.78, 5) is 13.7. The van der Waals surface area contributed by atoms with Gasteiger partial charge in [0, 0.05) is 18.8 Å². The van der Waals surface area contributed by atoms with Crippen molar-refractivity contribution in [1.29, 1.82) is 0 Å². The molecular weight excluding hydrogens is 240 g/mol. The first-order valence-electron chi connectivity index (χ1n) is 6.94. The molecular formula is C15H22N2O2. The molecule has 0 spiro atoms. The Bertz CT molecular complexity index is 459. The Morgan fingerprint density at radius 1 is 1.53 bits per heavy atom. The summed E-state index contributed by atoms with van der Waals surface area (Å²) in [6.07, 6.45) is 3.68. The van der Waals surface area contributed by atoms with Gasteiger partial charge in [-0.2, -0.15) is 0 Å². The number of hydrogen-bond donors (Lipinski definition) is 2. The third-order valence-electron chi connectivity index (χ3n) is 3.97. The SMILES string of the molecule is CCC1CCCN(Cc2cccc(N)c2C(=O)O)C1. The molecule has 1 aliphatic rings. The fourth-order valence-corrected chi connectivity index (χ4v) is 2.88. The molecule has 0 bridgehead atoms. The summed E-state index contributed by atoms with van der Waals surface area (Å²) in [7, 11) is 0. The number of nitrogens with two attached hydrogens (primary N) is 1. The van der Waals surface area contributed by atoms with Gasteiger partial charge in [0.1, 0.15) is 0 Å². The minimum absolute atomic E-state index is 0.265. The molecule has 1 fully saturated rings. The van der Waals surface area contributed by atoms with Crippen molar-refractivity contribution in [2.45, 2.75) is 32.7 Å². The lowest BCUT2D eigenvalue weighted by Crippen LogP contribution is -2.35. The molecule has 0 aliphatic carbocycles. The molecule has 0 amide bonds. The third kappa shape index (κ3) is 3.26. The van der Waals surface area contributed by atoms with Crippen LogP contribution in [0.3, 0.4) is 0 Å². The van der Waals surface area contributed by atoms with Crippen LogP contribution in [0.25, 0.3) is 0 Å². The number of carbonyl (C=O) groups is 1. The van der Waals surface area contributed by atoms with E-state index in [2.05, 4.69) is 11.8 Å². The standard InChI is InChI=1S/C15H22N2O2/c1-2-11-5-4-8-17(9-11)10-12-6-3-7-13(16)14(12)15(18)19/h3,6-7,11H,2,4-5,8-10,16H2,1H3,(H,18,19). The molecule has 3 N–H and O–H groups in total. The van der Waals surface area contributed by atoms with Crippen molar-refractivity contribution in [1.82, 2.24) is 4.90 Å². The zero-order valence-corrected chi connectivity index (χ0v) is 11.4. The summed E-state index contributed by atoms with van der Waals surface area (Å²) >= 11 is 0. The number of rotatable bonds is 4. The zero-order valence-electron chi connectivity index (χ0n) is 11.4. The first-order valence-corrected chi connectivity index (χ1v) is 6.94. The van der Waals surface area contributed by atoms with E-state index in [4.69, 9.17) is 5.73 Å². The molecule has 0 aromatic heterocycles. The Kier molecular flexibility index (Phi) is 4.43. The van der Waals surface area contributed by atoms with E-state index >= 15 is 0 Å². The summed E-state index contributed by atoms with van der Waals surface area (Å²) in [5, 5.41) is 9.28. The van der Waals surface area contributed by atoms with E-state index in [-0.39, 0.29) is 5.56 Å². The van der Waals surface area contributed by atoms with Crippen molar-refractivity contribution in [3.63, 3.8) is 0 Å². The highest BCUT2D eigenvalue weighted by molar-refractivity contribution is 5.95. The van der Waals surface area contributed by atoms with Crippen LogP contribution in [-0.4, -0.2) is 29.1 Å². The molecule has 1 aromatic rings. The van der Waals surface area contributed by atoms with Crippen LogP contribution in [0.1, 0.15) is 42.1 Å². The highest BCUT2D eigenvalue weighted by atomic mass is 16.4. The molecule has 104 valence electrons. The molecule has 1 aliphatic heterocycles. The zero-order chi connectivity index (χ0) is 13.8. The van der Waals surface area contributed by atoms with Crippen molar-refractivity contribution in [3.05, 3.63) is 29.3 Å². The van der Waals surface area contributed by atoms with E-state index in [1.807, 2.05) is 12.1 Å². The number of carboxylic acid groups (broad SMARTS) is 1. The number of piperidine rings is 1. The van der Waals surface area contributed by atoms with E-state index in [1.54, 1.807) is 6.07 Å². The number of likely N-dealkylation sites (tertiary alicyclic amines) is 1. The second-order valence-electron chi connectivity index (χ2n) is 5.34.